The van der Waals surface area contributed by atoms with Gasteiger partial charge in [-0.2, -0.15) is 0 Å². The SMILES string of the molecule is CC1(C)c2ccc(-c3ccc4oc5c(-c6cccc(-c7cccc8c7sc7ccccc78)c6)ncnc5c4c3)cc2-c2ccc(-c3ccccc3)cc21. The van der Waals surface area contributed by atoms with Crippen LogP contribution in [0, 0.1) is 0 Å². The number of rotatable bonds is 4. The molecule has 3 aromatic heterocycles. The van der Waals surface area contributed by atoms with Crippen LogP contribution in [0.25, 0.3) is 98.0 Å². The molecule has 3 nitrogen and oxygen atoms in total. The number of hydrogen-bond acceptors (Lipinski definition) is 4. The van der Waals surface area contributed by atoms with Crippen molar-refractivity contribution in [2.75, 3.05) is 0 Å². The zero-order chi connectivity index (χ0) is 35.3. The van der Waals surface area contributed by atoms with Gasteiger partial charge in [0.15, 0.2) is 5.58 Å². The van der Waals surface area contributed by atoms with Gasteiger partial charge in [0.05, 0.1) is 0 Å². The number of aromatic nitrogens is 2. The van der Waals surface area contributed by atoms with E-state index in [0.717, 1.165) is 38.9 Å². The molecule has 0 aliphatic heterocycles. The second kappa shape index (κ2) is 11.3. The molecule has 4 heteroatoms. The molecule has 0 N–H and O–H groups in total. The summed E-state index contributed by atoms with van der Waals surface area (Å²) in [7, 11) is 0. The van der Waals surface area contributed by atoms with Crippen LogP contribution in [0.15, 0.2) is 162 Å². The number of benzene rings is 7. The van der Waals surface area contributed by atoms with Gasteiger partial charge >= 0.3 is 0 Å². The van der Waals surface area contributed by atoms with Gasteiger partial charge in [0, 0.05) is 36.5 Å². The van der Waals surface area contributed by atoms with Gasteiger partial charge < -0.3 is 4.42 Å². The highest BCUT2D eigenvalue weighted by Gasteiger charge is 2.35. The Morgan fingerprint density at radius 1 is 0.491 bits per heavy atom. The van der Waals surface area contributed by atoms with Crippen molar-refractivity contribution in [3.63, 3.8) is 0 Å². The lowest BCUT2D eigenvalue weighted by Gasteiger charge is -2.22. The van der Waals surface area contributed by atoms with Gasteiger partial charge in [-0.05, 0) is 92.0 Å². The quantitative estimate of drug-likeness (QED) is 0.184. The van der Waals surface area contributed by atoms with E-state index in [9.17, 15) is 0 Å². The van der Waals surface area contributed by atoms with Gasteiger partial charge in [0.2, 0.25) is 0 Å². The summed E-state index contributed by atoms with van der Waals surface area (Å²) in [5, 5.41) is 3.58. The molecule has 250 valence electrons. The molecule has 7 aromatic carbocycles. The van der Waals surface area contributed by atoms with Gasteiger partial charge in [-0.1, -0.05) is 129 Å². The first-order valence-corrected chi connectivity index (χ1v) is 18.9. The Balaban J connectivity index is 0.989. The van der Waals surface area contributed by atoms with E-state index >= 15 is 0 Å². The molecular formula is C49H32N2OS. The highest BCUT2D eigenvalue weighted by Crippen LogP contribution is 2.51. The van der Waals surface area contributed by atoms with Crippen molar-refractivity contribution in [2.45, 2.75) is 19.3 Å². The minimum atomic E-state index is -0.0896. The molecule has 0 fully saturated rings. The molecule has 0 saturated heterocycles. The van der Waals surface area contributed by atoms with Crippen molar-refractivity contribution in [1.29, 1.82) is 0 Å². The van der Waals surface area contributed by atoms with E-state index in [4.69, 9.17) is 14.4 Å². The molecule has 0 bridgehead atoms. The first kappa shape index (κ1) is 30.3. The fraction of sp³-hybridized carbons (Fsp3) is 0.0612. The lowest BCUT2D eigenvalue weighted by Crippen LogP contribution is -2.15. The summed E-state index contributed by atoms with van der Waals surface area (Å²) in [4.78, 5) is 9.56. The summed E-state index contributed by atoms with van der Waals surface area (Å²) in [5.74, 6) is 0. The first-order valence-electron chi connectivity index (χ1n) is 18.0. The Bertz CT molecular complexity index is 3100. The summed E-state index contributed by atoms with van der Waals surface area (Å²) in [6, 6.07) is 54.9. The number of thiophene rings is 1. The Kier molecular flexibility index (Phi) is 6.47. The first-order chi connectivity index (χ1) is 26.0. The van der Waals surface area contributed by atoms with E-state index < -0.39 is 0 Å². The fourth-order valence-electron chi connectivity index (χ4n) is 8.51. The van der Waals surface area contributed by atoms with E-state index in [1.807, 2.05) is 11.3 Å². The summed E-state index contributed by atoms with van der Waals surface area (Å²) in [6.45, 7) is 4.68. The van der Waals surface area contributed by atoms with Crippen LogP contribution in [0.3, 0.4) is 0 Å². The number of nitrogens with zero attached hydrogens (tertiary/aromatic N) is 2. The van der Waals surface area contributed by atoms with Crippen LogP contribution < -0.4 is 0 Å². The predicted octanol–water partition coefficient (Wildman–Crippen LogP) is 13.7. The molecule has 1 aliphatic rings. The third-order valence-electron chi connectivity index (χ3n) is 11.2. The van der Waals surface area contributed by atoms with Gasteiger partial charge in [0.1, 0.15) is 23.1 Å². The zero-order valence-electron chi connectivity index (χ0n) is 29.2. The molecule has 0 unspecified atom stereocenters. The second-order valence-electron chi connectivity index (χ2n) is 14.6. The average molecular weight is 697 g/mol. The molecule has 0 radical (unpaired) electrons. The van der Waals surface area contributed by atoms with Crippen LogP contribution in [0.1, 0.15) is 25.0 Å². The highest BCUT2D eigenvalue weighted by atomic mass is 32.1. The van der Waals surface area contributed by atoms with Crippen molar-refractivity contribution in [2.24, 2.45) is 0 Å². The van der Waals surface area contributed by atoms with E-state index in [1.165, 1.54) is 64.7 Å². The minimum absolute atomic E-state index is 0.0896. The zero-order valence-corrected chi connectivity index (χ0v) is 30.0. The van der Waals surface area contributed by atoms with E-state index in [2.05, 4.69) is 166 Å². The fourth-order valence-corrected chi connectivity index (χ4v) is 9.75. The molecule has 0 amide bonds. The van der Waals surface area contributed by atoms with Crippen LogP contribution in [0.5, 0.6) is 0 Å². The number of hydrogen-bond donors (Lipinski definition) is 0. The van der Waals surface area contributed by atoms with Crippen molar-refractivity contribution < 1.29 is 4.42 Å². The summed E-state index contributed by atoms with van der Waals surface area (Å²) in [5.41, 5.74) is 16.6. The average Bonchev–Trinajstić information content (AvgIpc) is 3.85. The molecule has 3 heterocycles. The number of furan rings is 1. The normalized spacial score (nSPS) is 13.2. The van der Waals surface area contributed by atoms with E-state index in [1.54, 1.807) is 6.33 Å². The molecule has 1 aliphatic carbocycles. The van der Waals surface area contributed by atoms with Crippen LogP contribution >= 0.6 is 11.3 Å². The molecule has 53 heavy (non-hydrogen) atoms. The Labute approximate surface area is 310 Å². The third kappa shape index (κ3) is 4.59. The van der Waals surface area contributed by atoms with Crippen LogP contribution in [-0.2, 0) is 5.41 Å². The van der Waals surface area contributed by atoms with Crippen LogP contribution in [-0.4, -0.2) is 9.97 Å². The van der Waals surface area contributed by atoms with E-state index in [0.29, 0.717) is 5.58 Å². The molecule has 10 aromatic rings. The smallest absolute Gasteiger partial charge is 0.180 e. The monoisotopic (exact) mass is 696 g/mol. The largest absolute Gasteiger partial charge is 0.452 e. The summed E-state index contributed by atoms with van der Waals surface area (Å²) >= 11 is 1.85. The maximum atomic E-state index is 6.56. The van der Waals surface area contributed by atoms with E-state index in [-0.39, 0.29) is 5.41 Å². The van der Waals surface area contributed by atoms with Crippen LogP contribution in [0.4, 0.5) is 0 Å². The molecule has 0 atom stereocenters. The molecular weight excluding hydrogens is 665 g/mol. The van der Waals surface area contributed by atoms with Gasteiger partial charge in [-0.25, -0.2) is 9.97 Å². The number of fused-ring (bicyclic) bond motifs is 9. The third-order valence-corrected chi connectivity index (χ3v) is 12.4. The molecule has 11 rings (SSSR count). The van der Waals surface area contributed by atoms with Crippen molar-refractivity contribution in [3.8, 4) is 55.8 Å². The lowest BCUT2D eigenvalue weighted by atomic mass is 9.81. The van der Waals surface area contributed by atoms with Crippen molar-refractivity contribution in [1.82, 2.24) is 9.97 Å². The van der Waals surface area contributed by atoms with Gasteiger partial charge in [-0.15, -0.1) is 11.3 Å². The molecule has 0 saturated carbocycles. The summed E-state index contributed by atoms with van der Waals surface area (Å²) < 4.78 is 9.16. The van der Waals surface area contributed by atoms with Crippen LogP contribution in [0.2, 0.25) is 0 Å². The second-order valence-corrected chi connectivity index (χ2v) is 15.6. The standard InChI is InChI=1S/C49H32N2OS/c1-49(2)41-22-19-30(25-39(41)36-21-18-32(27-42(36)49)29-10-4-3-5-11-29)31-20-23-43-40(26-31)46-47(52-43)45(50-28-51-46)34-13-8-12-33(24-34)35-15-9-16-38-37-14-6-7-17-44(37)53-48(35)38/h3-28H,1-2H3. The Morgan fingerprint density at radius 2 is 1.23 bits per heavy atom. The predicted molar refractivity (Wildman–Crippen MR) is 222 cm³/mol. The van der Waals surface area contributed by atoms with Crippen molar-refractivity contribution >= 4 is 53.6 Å². The Morgan fingerprint density at radius 3 is 2.15 bits per heavy atom. The van der Waals surface area contributed by atoms with Crippen molar-refractivity contribution in [3.05, 3.63) is 169 Å². The van der Waals surface area contributed by atoms with Gasteiger partial charge in [-0.3, -0.25) is 0 Å². The lowest BCUT2D eigenvalue weighted by molar-refractivity contribution is 0.660. The van der Waals surface area contributed by atoms with Gasteiger partial charge in [0.25, 0.3) is 0 Å². The Hall–Kier alpha value is -6.36. The maximum absolute atomic E-state index is 6.56. The maximum Gasteiger partial charge on any atom is 0.180 e. The summed E-state index contributed by atoms with van der Waals surface area (Å²) in [6.07, 6.45) is 1.66. The topological polar surface area (TPSA) is 38.9 Å². The molecule has 0 spiro atoms. The minimum Gasteiger partial charge on any atom is -0.452 e. The highest BCUT2D eigenvalue weighted by molar-refractivity contribution is 7.26.